The van der Waals surface area contributed by atoms with Gasteiger partial charge in [-0.1, -0.05) is 116 Å². The standard InChI is InChI=1S/C49H52N4O6Si/c1-33-47(60(3,4)39-24-22-38(58-2)23-25-39)44(29-46(56)52(26-27-54)31-34-12-6-5-7-13-34)59-49(33)41-15-9-11-17-43(41)53(48(49)57)32-35-18-20-37(21-19-35)51-45(55)28-36-30-50-42-16-10-8-14-40(36)42/h5-25,30,33,44,47,50,54H,26-29,31-32H2,1-4H3,(H,51,55)/t33-,44+,47-,49+/m1/s1. The molecule has 0 bridgehead atoms. The number of hydrogen-bond acceptors (Lipinski definition) is 6. The summed E-state index contributed by atoms with van der Waals surface area (Å²) < 4.78 is 12.7. The first-order valence-corrected chi connectivity index (χ1v) is 23.7. The summed E-state index contributed by atoms with van der Waals surface area (Å²) in [7, 11) is -0.854. The predicted octanol–water partition coefficient (Wildman–Crippen LogP) is 7.53. The van der Waals surface area contributed by atoms with Gasteiger partial charge in [0, 0.05) is 47.4 Å². The van der Waals surface area contributed by atoms with Crippen LogP contribution < -0.4 is 20.1 Å². The summed E-state index contributed by atoms with van der Waals surface area (Å²) in [6.45, 7) is 7.40. The van der Waals surface area contributed by atoms with Crippen LogP contribution in [0.4, 0.5) is 11.4 Å². The normalized spacial score (nSPS) is 19.8. The Morgan fingerprint density at radius 1 is 0.900 bits per heavy atom. The van der Waals surface area contributed by atoms with Gasteiger partial charge in [0.1, 0.15) is 5.75 Å². The van der Waals surface area contributed by atoms with Crippen molar-refractivity contribution in [1.29, 1.82) is 0 Å². The summed E-state index contributed by atoms with van der Waals surface area (Å²) in [6.07, 6.45) is 1.61. The molecule has 6 aromatic rings. The molecule has 2 aliphatic rings. The molecule has 0 radical (unpaired) electrons. The van der Waals surface area contributed by atoms with Gasteiger partial charge in [-0.15, -0.1) is 0 Å². The van der Waals surface area contributed by atoms with Crippen molar-refractivity contribution in [3.8, 4) is 5.75 Å². The zero-order valence-corrected chi connectivity index (χ0v) is 35.6. The van der Waals surface area contributed by atoms with Crippen LogP contribution >= 0.6 is 0 Å². The number of aliphatic hydroxyl groups is 1. The second-order valence-corrected chi connectivity index (χ2v) is 21.3. The number of carbonyl (C=O) groups excluding carboxylic acids is 3. The highest BCUT2D eigenvalue weighted by atomic mass is 28.3. The number of amides is 3. The molecule has 4 atom stereocenters. The molecule has 1 saturated heterocycles. The Bertz CT molecular complexity index is 2490. The zero-order chi connectivity index (χ0) is 42.0. The Labute approximate surface area is 352 Å². The van der Waals surface area contributed by atoms with Crippen molar-refractivity contribution in [2.75, 3.05) is 30.5 Å². The molecule has 60 heavy (non-hydrogen) atoms. The van der Waals surface area contributed by atoms with Gasteiger partial charge in [0.05, 0.1) is 53.0 Å². The third-order valence-corrected chi connectivity index (χ3v) is 17.0. The lowest BCUT2D eigenvalue weighted by Gasteiger charge is -2.37. The molecule has 3 heterocycles. The summed E-state index contributed by atoms with van der Waals surface area (Å²) >= 11 is 0. The van der Waals surface area contributed by atoms with Crippen molar-refractivity contribution in [3.63, 3.8) is 0 Å². The summed E-state index contributed by atoms with van der Waals surface area (Å²) in [6, 6.07) is 41.3. The van der Waals surface area contributed by atoms with Crippen molar-refractivity contribution < 1.29 is 29.0 Å². The molecule has 0 aliphatic carbocycles. The van der Waals surface area contributed by atoms with Crippen molar-refractivity contribution >= 4 is 53.3 Å². The van der Waals surface area contributed by atoms with E-state index in [1.807, 2.05) is 126 Å². The van der Waals surface area contributed by atoms with Crippen LogP contribution in [0.3, 0.4) is 0 Å². The monoisotopic (exact) mass is 820 g/mol. The van der Waals surface area contributed by atoms with Gasteiger partial charge in [0.2, 0.25) is 11.8 Å². The lowest BCUT2D eigenvalue weighted by molar-refractivity contribution is -0.150. The molecule has 8 rings (SSSR count). The molecule has 308 valence electrons. The van der Waals surface area contributed by atoms with Crippen LogP contribution in [0.25, 0.3) is 10.9 Å². The maximum Gasteiger partial charge on any atom is 0.264 e. The number of carbonyl (C=O) groups is 3. The van der Waals surface area contributed by atoms with Crippen LogP contribution in [0.15, 0.2) is 134 Å². The minimum absolute atomic E-state index is 0.0686. The largest absolute Gasteiger partial charge is 0.497 e. The molecule has 5 aromatic carbocycles. The van der Waals surface area contributed by atoms with E-state index in [2.05, 4.69) is 42.5 Å². The number of methoxy groups -OCH3 is 1. The number of nitrogens with one attached hydrogen (secondary N) is 2. The van der Waals surface area contributed by atoms with E-state index in [0.717, 1.165) is 44.6 Å². The number of benzene rings is 5. The minimum atomic E-state index is -2.51. The Hall–Kier alpha value is -6.01. The zero-order valence-electron chi connectivity index (χ0n) is 34.6. The predicted molar refractivity (Wildman–Crippen MR) is 238 cm³/mol. The van der Waals surface area contributed by atoms with E-state index in [4.69, 9.17) is 9.47 Å². The summed E-state index contributed by atoms with van der Waals surface area (Å²) in [5, 5.41) is 15.3. The number of fused-ring (bicyclic) bond motifs is 3. The molecule has 1 aromatic heterocycles. The van der Waals surface area contributed by atoms with Crippen LogP contribution in [-0.2, 0) is 44.2 Å². The molecular formula is C49H52N4O6Si. The van der Waals surface area contributed by atoms with Crippen LogP contribution in [0, 0.1) is 5.92 Å². The van der Waals surface area contributed by atoms with Crippen molar-refractivity contribution in [2.45, 2.75) is 63.2 Å². The first-order chi connectivity index (χ1) is 29.0. The van der Waals surface area contributed by atoms with Crippen LogP contribution in [0.2, 0.25) is 18.6 Å². The molecular weight excluding hydrogens is 769 g/mol. The number of rotatable bonds is 14. The van der Waals surface area contributed by atoms with Crippen molar-refractivity contribution in [2.24, 2.45) is 5.92 Å². The van der Waals surface area contributed by atoms with Crippen LogP contribution in [0.1, 0.15) is 35.6 Å². The lowest BCUT2D eigenvalue weighted by atomic mass is 9.82. The van der Waals surface area contributed by atoms with Gasteiger partial charge in [-0.05, 0) is 58.6 Å². The first kappa shape index (κ1) is 40.8. The topological polar surface area (TPSA) is 124 Å². The fraction of sp³-hybridized carbons (Fsp3) is 0.286. The smallest absolute Gasteiger partial charge is 0.264 e. The van der Waals surface area contributed by atoms with Crippen molar-refractivity contribution in [1.82, 2.24) is 9.88 Å². The number of anilines is 2. The molecule has 10 nitrogen and oxygen atoms in total. The highest BCUT2D eigenvalue weighted by Crippen LogP contribution is 2.60. The highest BCUT2D eigenvalue weighted by Gasteiger charge is 2.66. The van der Waals surface area contributed by atoms with Gasteiger partial charge in [-0.25, -0.2) is 0 Å². The SMILES string of the molecule is COc1ccc([Si](C)(C)[C@H]2[C@H](CC(=O)N(CCO)Cc3ccccc3)O[C@@]3(C(=O)N(Cc4ccc(NC(=O)Cc5c[nH]c6ccccc56)cc4)c4ccccc43)[C@@H]2C)cc1. The van der Waals surface area contributed by atoms with Gasteiger partial charge in [-0.2, -0.15) is 0 Å². The molecule has 0 unspecified atom stereocenters. The van der Waals surface area contributed by atoms with Crippen LogP contribution in [0.5, 0.6) is 5.75 Å². The summed E-state index contributed by atoms with van der Waals surface area (Å²) in [5.74, 6) is 0.0835. The third kappa shape index (κ3) is 7.64. The number of ether oxygens (including phenoxy) is 2. The maximum atomic E-state index is 15.3. The van der Waals surface area contributed by atoms with Gasteiger partial charge < -0.3 is 34.7 Å². The minimum Gasteiger partial charge on any atom is -0.497 e. The fourth-order valence-corrected chi connectivity index (χ4v) is 13.7. The van der Waals surface area contributed by atoms with E-state index >= 15 is 4.79 Å². The Morgan fingerprint density at radius 3 is 2.33 bits per heavy atom. The molecule has 1 fully saturated rings. The second kappa shape index (κ2) is 16.9. The number of H-pyrrole nitrogens is 1. The Morgan fingerprint density at radius 2 is 1.60 bits per heavy atom. The van der Waals surface area contributed by atoms with E-state index in [1.165, 1.54) is 5.19 Å². The Kier molecular flexibility index (Phi) is 11.5. The molecule has 0 saturated carbocycles. The number of aliphatic hydroxyl groups excluding tert-OH is 1. The first-order valence-electron chi connectivity index (χ1n) is 20.6. The number of aromatic amines is 1. The van der Waals surface area contributed by atoms with Gasteiger partial charge in [0.15, 0.2) is 5.60 Å². The quantitative estimate of drug-likeness (QED) is 0.0977. The summed E-state index contributed by atoms with van der Waals surface area (Å²) in [5.41, 5.74) is 4.60. The van der Waals surface area contributed by atoms with Crippen LogP contribution in [-0.4, -0.2) is 67.2 Å². The van der Waals surface area contributed by atoms with E-state index in [0.29, 0.717) is 18.8 Å². The maximum absolute atomic E-state index is 15.3. The number of aromatic nitrogens is 1. The lowest BCUT2D eigenvalue weighted by Crippen LogP contribution is -2.52. The third-order valence-electron chi connectivity index (χ3n) is 12.7. The summed E-state index contributed by atoms with van der Waals surface area (Å²) in [4.78, 5) is 49.4. The fourth-order valence-electron chi connectivity index (χ4n) is 9.67. The number of para-hydroxylation sites is 2. The highest BCUT2D eigenvalue weighted by molar-refractivity contribution is 6.91. The van der Waals surface area contributed by atoms with E-state index in [1.54, 1.807) is 12.0 Å². The average Bonchev–Trinajstić information content (AvgIpc) is 3.88. The molecule has 1 spiro atoms. The van der Waals surface area contributed by atoms with E-state index in [-0.39, 0.29) is 55.2 Å². The number of nitrogens with zero attached hydrogens (tertiary/aromatic N) is 2. The second-order valence-electron chi connectivity index (χ2n) is 16.6. The van der Waals surface area contributed by atoms with Gasteiger partial charge in [-0.3, -0.25) is 14.4 Å². The van der Waals surface area contributed by atoms with E-state index < -0.39 is 19.8 Å². The Balaban J connectivity index is 1.07. The van der Waals surface area contributed by atoms with Gasteiger partial charge in [0.25, 0.3) is 5.91 Å². The van der Waals surface area contributed by atoms with Crippen molar-refractivity contribution in [3.05, 3.63) is 156 Å². The number of hydrogen-bond donors (Lipinski definition) is 3. The molecule has 3 amide bonds. The molecule has 11 heteroatoms. The molecule has 3 N–H and O–H groups in total. The average molecular weight is 821 g/mol. The molecule has 2 aliphatic heterocycles. The van der Waals surface area contributed by atoms with Gasteiger partial charge >= 0.3 is 0 Å². The van der Waals surface area contributed by atoms with E-state index in [9.17, 15) is 14.7 Å².